The second kappa shape index (κ2) is 9.40. The van der Waals surface area contributed by atoms with E-state index in [1.165, 1.54) is 13.2 Å². The van der Waals surface area contributed by atoms with Crippen LogP contribution in [0.15, 0.2) is 39.4 Å². The van der Waals surface area contributed by atoms with Crippen LogP contribution in [0, 0.1) is 0 Å². The molecule has 1 fully saturated rings. The molecule has 1 saturated heterocycles. The van der Waals surface area contributed by atoms with E-state index in [0.29, 0.717) is 13.0 Å². The number of hydrogen-bond acceptors (Lipinski definition) is 7. The highest BCUT2D eigenvalue weighted by Gasteiger charge is 2.31. The van der Waals surface area contributed by atoms with Crippen LogP contribution in [0.2, 0.25) is 0 Å². The standard InChI is InChI=1S/C17H16F3N3O4S/c1-3-6-27-12-5-4-11(17(18,19)20)7-10(12)9-21-23-16-22-15(25)13(28-16)8-14(24)26-2/h4-5,7-9H,3,6H2,1-2H3,(H,22,23,25)/b13-8+,21-9?. The molecule has 0 atom stereocenters. The molecule has 0 spiro atoms. The molecule has 1 aromatic carbocycles. The van der Waals surface area contributed by atoms with E-state index >= 15 is 0 Å². The van der Waals surface area contributed by atoms with E-state index in [9.17, 15) is 22.8 Å². The molecule has 150 valence electrons. The largest absolute Gasteiger partial charge is 0.493 e. The number of rotatable bonds is 6. The van der Waals surface area contributed by atoms with Gasteiger partial charge < -0.3 is 9.47 Å². The molecule has 0 aromatic heterocycles. The van der Waals surface area contributed by atoms with Gasteiger partial charge in [-0.1, -0.05) is 6.92 Å². The third-order valence-electron chi connectivity index (χ3n) is 3.25. The number of carbonyl (C=O) groups is 2. The van der Waals surface area contributed by atoms with E-state index in [0.717, 1.165) is 36.2 Å². The first-order valence-electron chi connectivity index (χ1n) is 7.98. The molecule has 0 bridgehead atoms. The summed E-state index contributed by atoms with van der Waals surface area (Å²) in [6, 6.07) is 3.04. The average Bonchev–Trinajstić information content (AvgIpc) is 2.98. The van der Waals surface area contributed by atoms with Crippen molar-refractivity contribution >= 4 is 35.0 Å². The molecule has 1 heterocycles. The molecule has 7 nitrogen and oxygen atoms in total. The van der Waals surface area contributed by atoms with E-state index in [2.05, 4.69) is 20.3 Å². The predicted octanol–water partition coefficient (Wildman–Crippen LogP) is 3.10. The van der Waals surface area contributed by atoms with Gasteiger partial charge in [-0.3, -0.25) is 10.1 Å². The van der Waals surface area contributed by atoms with Crippen LogP contribution >= 0.6 is 11.8 Å². The summed E-state index contributed by atoms with van der Waals surface area (Å²) in [4.78, 5) is 23.0. The number of benzene rings is 1. The lowest BCUT2D eigenvalue weighted by Crippen LogP contribution is -2.19. The number of carbonyl (C=O) groups excluding carboxylic acids is 2. The summed E-state index contributed by atoms with van der Waals surface area (Å²) >= 11 is 0.848. The summed E-state index contributed by atoms with van der Waals surface area (Å²) in [5.74, 6) is -1.03. The number of nitrogens with zero attached hydrogens (tertiary/aromatic N) is 2. The first-order valence-corrected chi connectivity index (χ1v) is 8.80. The zero-order valence-electron chi connectivity index (χ0n) is 14.9. The Balaban J connectivity index is 2.22. The summed E-state index contributed by atoms with van der Waals surface area (Å²) in [7, 11) is 1.17. The van der Waals surface area contributed by atoms with E-state index < -0.39 is 23.6 Å². The van der Waals surface area contributed by atoms with Gasteiger partial charge >= 0.3 is 12.1 Å². The van der Waals surface area contributed by atoms with Gasteiger partial charge in [0.25, 0.3) is 5.91 Å². The first-order chi connectivity index (χ1) is 13.2. The van der Waals surface area contributed by atoms with Crippen molar-refractivity contribution in [3.05, 3.63) is 40.3 Å². The number of hydrogen-bond donors (Lipinski definition) is 1. The fraction of sp³-hybridized carbons (Fsp3) is 0.294. The van der Waals surface area contributed by atoms with Gasteiger partial charge in [0.05, 0.1) is 30.4 Å². The predicted molar refractivity (Wildman–Crippen MR) is 98.1 cm³/mol. The van der Waals surface area contributed by atoms with Crippen molar-refractivity contribution in [1.29, 1.82) is 0 Å². The second-order valence-electron chi connectivity index (χ2n) is 5.34. The van der Waals surface area contributed by atoms with Crippen molar-refractivity contribution in [3.8, 4) is 5.75 Å². The number of ether oxygens (including phenoxy) is 2. The second-order valence-corrected chi connectivity index (χ2v) is 6.37. The van der Waals surface area contributed by atoms with Crippen LogP contribution in [-0.4, -0.2) is 37.0 Å². The van der Waals surface area contributed by atoms with Crippen molar-refractivity contribution in [2.24, 2.45) is 10.2 Å². The quantitative estimate of drug-likeness (QED) is 0.334. The SMILES string of the molecule is CCCOc1ccc(C(F)(F)F)cc1C=N/N=C1/NC(=O)/C(=C\C(=O)OC)S1. The molecule has 1 amide bonds. The third-order valence-corrected chi connectivity index (χ3v) is 4.15. The van der Waals surface area contributed by atoms with Gasteiger partial charge in [-0.05, 0) is 36.4 Å². The Labute approximate surface area is 162 Å². The fourth-order valence-electron chi connectivity index (χ4n) is 1.95. The lowest BCUT2D eigenvalue weighted by atomic mass is 10.1. The van der Waals surface area contributed by atoms with Crippen molar-refractivity contribution in [2.45, 2.75) is 19.5 Å². The fourth-order valence-corrected chi connectivity index (χ4v) is 2.69. The smallest absolute Gasteiger partial charge is 0.416 e. The number of nitrogens with one attached hydrogen (secondary N) is 1. The van der Waals surface area contributed by atoms with E-state index in [1.54, 1.807) is 0 Å². The number of thioether (sulfide) groups is 1. The number of halogens is 3. The molecule has 2 rings (SSSR count). The maximum absolute atomic E-state index is 12.9. The van der Waals surface area contributed by atoms with E-state index in [-0.39, 0.29) is 21.4 Å². The van der Waals surface area contributed by atoms with Crippen molar-refractivity contribution < 1.29 is 32.2 Å². The van der Waals surface area contributed by atoms with Gasteiger partial charge in [-0.15, -0.1) is 5.10 Å². The van der Waals surface area contributed by atoms with Crippen LogP contribution < -0.4 is 10.1 Å². The van der Waals surface area contributed by atoms with Crippen molar-refractivity contribution in [3.63, 3.8) is 0 Å². The minimum atomic E-state index is -4.51. The molecule has 1 N–H and O–H groups in total. The summed E-state index contributed by atoms with van der Waals surface area (Å²) in [6.45, 7) is 2.19. The van der Waals surface area contributed by atoms with Crippen LogP contribution in [0.25, 0.3) is 0 Å². The Morgan fingerprint density at radius 1 is 1.36 bits per heavy atom. The summed E-state index contributed by atoms with van der Waals surface area (Å²) in [5, 5.41) is 9.92. The molecule has 0 unspecified atom stereocenters. The molecule has 0 saturated carbocycles. The zero-order valence-corrected chi connectivity index (χ0v) is 15.7. The topological polar surface area (TPSA) is 89.4 Å². The minimum Gasteiger partial charge on any atom is -0.493 e. The molecular formula is C17H16F3N3O4S. The number of methoxy groups -OCH3 is 1. The van der Waals surface area contributed by atoms with Crippen LogP contribution in [0.5, 0.6) is 5.75 Å². The van der Waals surface area contributed by atoms with Gasteiger partial charge in [0.15, 0.2) is 5.17 Å². The normalized spacial score (nSPS) is 17.4. The molecule has 28 heavy (non-hydrogen) atoms. The maximum Gasteiger partial charge on any atom is 0.416 e. The highest BCUT2D eigenvalue weighted by Crippen LogP contribution is 2.32. The van der Waals surface area contributed by atoms with Gasteiger partial charge in [0.2, 0.25) is 0 Å². The Hall–Kier alpha value is -2.82. The summed E-state index contributed by atoms with van der Waals surface area (Å²) in [5.41, 5.74) is -0.760. The Bertz CT molecular complexity index is 851. The van der Waals surface area contributed by atoms with Crippen molar-refractivity contribution in [1.82, 2.24) is 5.32 Å². The molecule has 11 heteroatoms. The number of esters is 1. The van der Waals surface area contributed by atoms with E-state index in [1.807, 2.05) is 6.92 Å². The van der Waals surface area contributed by atoms with E-state index in [4.69, 9.17) is 4.74 Å². The third kappa shape index (κ3) is 5.84. The monoisotopic (exact) mass is 415 g/mol. The minimum absolute atomic E-state index is 0.0619. The summed E-state index contributed by atoms with van der Waals surface area (Å²) in [6.07, 6.45) is -1.74. The van der Waals surface area contributed by atoms with Crippen LogP contribution in [-0.2, 0) is 20.5 Å². The van der Waals surface area contributed by atoms with Gasteiger partial charge in [0.1, 0.15) is 5.75 Å². The number of alkyl halides is 3. The van der Waals surface area contributed by atoms with Gasteiger partial charge in [-0.25, -0.2) is 4.79 Å². The molecule has 1 aliphatic rings. The molecule has 0 aliphatic carbocycles. The van der Waals surface area contributed by atoms with Crippen LogP contribution in [0.4, 0.5) is 13.2 Å². The van der Waals surface area contributed by atoms with Crippen molar-refractivity contribution in [2.75, 3.05) is 13.7 Å². The summed E-state index contributed by atoms with van der Waals surface area (Å²) < 4.78 is 48.7. The van der Waals surface area contributed by atoms with Gasteiger partial charge in [-0.2, -0.15) is 18.3 Å². The average molecular weight is 415 g/mol. The van der Waals surface area contributed by atoms with Crippen LogP contribution in [0.1, 0.15) is 24.5 Å². The Morgan fingerprint density at radius 2 is 2.11 bits per heavy atom. The Kier molecular flexibility index (Phi) is 7.21. The maximum atomic E-state index is 12.9. The molecule has 0 radical (unpaired) electrons. The number of amides is 1. The lowest BCUT2D eigenvalue weighted by molar-refractivity contribution is -0.137. The van der Waals surface area contributed by atoms with Gasteiger partial charge in [0, 0.05) is 11.6 Å². The lowest BCUT2D eigenvalue weighted by Gasteiger charge is -2.11. The molecule has 1 aromatic rings. The molecular weight excluding hydrogens is 399 g/mol. The molecule has 1 aliphatic heterocycles. The van der Waals surface area contributed by atoms with Crippen LogP contribution in [0.3, 0.4) is 0 Å². The highest BCUT2D eigenvalue weighted by atomic mass is 32.2. The Morgan fingerprint density at radius 3 is 2.75 bits per heavy atom. The highest BCUT2D eigenvalue weighted by molar-refractivity contribution is 8.18. The number of amidine groups is 1. The first kappa shape index (κ1) is 21.5. The zero-order chi connectivity index (χ0) is 20.7.